The van der Waals surface area contributed by atoms with E-state index in [1.165, 1.54) is 18.2 Å². The van der Waals surface area contributed by atoms with Gasteiger partial charge < -0.3 is 9.64 Å². The minimum absolute atomic E-state index is 0.713. The molecular formula is C18H22BrN3O. The monoisotopic (exact) mass is 375 g/mol. The number of pyridine rings is 1. The van der Waals surface area contributed by atoms with E-state index in [-0.39, 0.29) is 0 Å². The van der Waals surface area contributed by atoms with E-state index in [0.29, 0.717) is 6.04 Å². The lowest BCUT2D eigenvalue weighted by molar-refractivity contribution is 0.0115. The van der Waals surface area contributed by atoms with Gasteiger partial charge in [-0.15, -0.1) is 0 Å². The second kappa shape index (κ2) is 6.75. The van der Waals surface area contributed by atoms with Gasteiger partial charge in [0.05, 0.1) is 18.7 Å². The summed E-state index contributed by atoms with van der Waals surface area (Å²) in [6.07, 6.45) is 2.44. The zero-order valence-electron chi connectivity index (χ0n) is 13.2. The molecule has 0 spiro atoms. The molecule has 0 atom stereocenters. The second-order valence-electron chi connectivity index (χ2n) is 6.37. The molecule has 5 heteroatoms. The van der Waals surface area contributed by atoms with E-state index in [1.54, 1.807) is 0 Å². The molecule has 0 aliphatic carbocycles. The van der Waals surface area contributed by atoms with Crippen LogP contribution < -0.4 is 4.90 Å². The van der Waals surface area contributed by atoms with Crippen LogP contribution >= 0.6 is 15.9 Å². The predicted octanol–water partition coefficient (Wildman–Crippen LogP) is 3.30. The molecule has 2 aliphatic rings. The first-order valence-electron chi connectivity index (χ1n) is 8.43. The number of piperidine rings is 1. The fourth-order valence-electron chi connectivity index (χ4n) is 3.66. The predicted molar refractivity (Wildman–Crippen MR) is 97.1 cm³/mol. The van der Waals surface area contributed by atoms with Crippen molar-refractivity contribution in [2.24, 2.45) is 0 Å². The molecule has 23 heavy (non-hydrogen) atoms. The summed E-state index contributed by atoms with van der Waals surface area (Å²) >= 11 is 3.54. The number of ether oxygens (including phenoxy) is 1. The lowest BCUT2D eigenvalue weighted by Crippen LogP contribution is -2.49. The molecule has 0 amide bonds. The zero-order chi connectivity index (χ0) is 15.6. The Labute approximate surface area is 145 Å². The third kappa shape index (κ3) is 3.37. The molecule has 0 radical (unpaired) electrons. The average molecular weight is 376 g/mol. The van der Waals surface area contributed by atoms with E-state index < -0.39 is 0 Å². The summed E-state index contributed by atoms with van der Waals surface area (Å²) in [5.74, 6) is 1.11. The van der Waals surface area contributed by atoms with Crippen molar-refractivity contribution in [1.82, 2.24) is 9.88 Å². The number of anilines is 1. The molecule has 122 valence electrons. The number of aromatic nitrogens is 1. The number of fused-ring (bicyclic) bond motifs is 1. The minimum atomic E-state index is 0.713. The van der Waals surface area contributed by atoms with E-state index in [4.69, 9.17) is 9.72 Å². The Bertz CT molecular complexity index is 679. The Morgan fingerprint density at radius 2 is 1.74 bits per heavy atom. The van der Waals surface area contributed by atoms with Crippen molar-refractivity contribution >= 4 is 32.7 Å². The van der Waals surface area contributed by atoms with Crippen molar-refractivity contribution in [2.75, 3.05) is 44.3 Å². The van der Waals surface area contributed by atoms with E-state index in [1.807, 2.05) is 0 Å². The molecule has 2 aromatic rings. The average Bonchev–Trinajstić information content (AvgIpc) is 2.62. The van der Waals surface area contributed by atoms with Crippen molar-refractivity contribution in [3.63, 3.8) is 0 Å². The molecule has 4 nitrogen and oxygen atoms in total. The molecule has 1 aromatic heterocycles. The van der Waals surface area contributed by atoms with Gasteiger partial charge in [-0.25, -0.2) is 4.98 Å². The molecule has 4 rings (SSSR count). The summed E-state index contributed by atoms with van der Waals surface area (Å²) in [5, 5.41) is 1.19. The quantitative estimate of drug-likeness (QED) is 0.804. The van der Waals surface area contributed by atoms with Crippen LogP contribution in [0.4, 0.5) is 5.82 Å². The van der Waals surface area contributed by atoms with Crippen LogP contribution in [0.15, 0.2) is 34.8 Å². The van der Waals surface area contributed by atoms with Crippen molar-refractivity contribution < 1.29 is 4.74 Å². The van der Waals surface area contributed by atoms with E-state index in [9.17, 15) is 0 Å². The molecule has 2 fully saturated rings. The maximum Gasteiger partial charge on any atom is 0.129 e. The number of hydrogen-bond donors (Lipinski definition) is 0. The maximum atomic E-state index is 5.47. The highest BCUT2D eigenvalue weighted by Gasteiger charge is 2.26. The van der Waals surface area contributed by atoms with Crippen LogP contribution in [0.2, 0.25) is 0 Å². The van der Waals surface area contributed by atoms with Crippen LogP contribution in [0.3, 0.4) is 0 Å². The summed E-state index contributed by atoms with van der Waals surface area (Å²) in [5.41, 5.74) is 1.06. The third-order valence-electron chi connectivity index (χ3n) is 4.99. The molecule has 2 saturated heterocycles. The van der Waals surface area contributed by atoms with Gasteiger partial charge in [0.1, 0.15) is 5.82 Å². The molecular weight excluding hydrogens is 354 g/mol. The van der Waals surface area contributed by atoms with Crippen LogP contribution in [-0.4, -0.2) is 55.3 Å². The third-order valence-corrected chi connectivity index (χ3v) is 5.48. The smallest absolute Gasteiger partial charge is 0.129 e. The summed E-state index contributed by atoms with van der Waals surface area (Å²) < 4.78 is 6.55. The van der Waals surface area contributed by atoms with Crippen molar-refractivity contribution in [1.29, 1.82) is 0 Å². The van der Waals surface area contributed by atoms with Crippen LogP contribution in [0.25, 0.3) is 10.9 Å². The second-order valence-corrected chi connectivity index (χ2v) is 7.29. The topological polar surface area (TPSA) is 28.6 Å². The fraction of sp³-hybridized carbons (Fsp3) is 0.500. The highest BCUT2D eigenvalue weighted by Crippen LogP contribution is 2.25. The highest BCUT2D eigenvalue weighted by atomic mass is 79.9. The Balaban J connectivity index is 1.45. The molecule has 1 aromatic carbocycles. The van der Waals surface area contributed by atoms with Gasteiger partial charge in [-0.2, -0.15) is 0 Å². The molecule has 0 N–H and O–H groups in total. The van der Waals surface area contributed by atoms with Crippen molar-refractivity contribution in [3.8, 4) is 0 Å². The van der Waals surface area contributed by atoms with Crippen LogP contribution in [0.1, 0.15) is 12.8 Å². The van der Waals surface area contributed by atoms with Gasteiger partial charge in [0.15, 0.2) is 0 Å². The molecule has 0 bridgehead atoms. The number of rotatable bonds is 2. The van der Waals surface area contributed by atoms with Gasteiger partial charge in [-0.3, -0.25) is 4.90 Å². The first kappa shape index (κ1) is 15.4. The van der Waals surface area contributed by atoms with Gasteiger partial charge in [0.2, 0.25) is 0 Å². The number of morpholine rings is 1. The Hall–Kier alpha value is -1.17. The van der Waals surface area contributed by atoms with Gasteiger partial charge in [0, 0.05) is 42.1 Å². The summed E-state index contributed by atoms with van der Waals surface area (Å²) in [6.45, 7) is 6.14. The molecule has 2 aliphatic heterocycles. The normalized spacial score (nSPS) is 21.0. The SMILES string of the molecule is Brc1ccc2ccc(N3CCC(N4CCOCC4)CC3)nc2c1. The lowest BCUT2D eigenvalue weighted by Gasteiger charge is -2.40. The summed E-state index contributed by atoms with van der Waals surface area (Å²) in [7, 11) is 0. The number of halogens is 1. The van der Waals surface area contributed by atoms with Gasteiger partial charge in [-0.05, 0) is 37.1 Å². The number of nitrogens with zero attached hydrogens (tertiary/aromatic N) is 3. The standard InChI is InChI=1S/C18H22BrN3O/c19-15-3-1-14-2-4-18(20-17(14)13-15)22-7-5-16(6-8-22)21-9-11-23-12-10-21/h1-4,13,16H,5-12H2. The van der Waals surface area contributed by atoms with Gasteiger partial charge >= 0.3 is 0 Å². The maximum absolute atomic E-state index is 5.47. The van der Waals surface area contributed by atoms with Crippen molar-refractivity contribution in [3.05, 3.63) is 34.8 Å². The van der Waals surface area contributed by atoms with E-state index in [2.05, 4.69) is 56.1 Å². The number of hydrogen-bond acceptors (Lipinski definition) is 4. The van der Waals surface area contributed by atoms with E-state index in [0.717, 1.165) is 55.2 Å². The van der Waals surface area contributed by atoms with Crippen LogP contribution in [0, 0.1) is 0 Å². The zero-order valence-corrected chi connectivity index (χ0v) is 14.8. The molecule has 3 heterocycles. The van der Waals surface area contributed by atoms with E-state index >= 15 is 0 Å². The highest BCUT2D eigenvalue weighted by molar-refractivity contribution is 9.10. The van der Waals surface area contributed by atoms with Crippen molar-refractivity contribution in [2.45, 2.75) is 18.9 Å². The van der Waals surface area contributed by atoms with Crippen LogP contribution in [0.5, 0.6) is 0 Å². The Kier molecular flexibility index (Phi) is 4.51. The fourth-order valence-corrected chi connectivity index (χ4v) is 4.01. The lowest BCUT2D eigenvalue weighted by atomic mass is 10.0. The summed E-state index contributed by atoms with van der Waals surface area (Å²) in [4.78, 5) is 9.89. The number of benzene rings is 1. The largest absolute Gasteiger partial charge is 0.379 e. The first-order chi connectivity index (χ1) is 11.3. The van der Waals surface area contributed by atoms with Crippen LogP contribution in [-0.2, 0) is 4.74 Å². The van der Waals surface area contributed by atoms with Gasteiger partial charge in [0.25, 0.3) is 0 Å². The molecule has 0 saturated carbocycles. The Morgan fingerprint density at radius 1 is 1.00 bits per heavy atom. The summed E-state index contributed by atoms with van der Waals surface area (Å²) in [6, 6.07) is 11.3. The Morgan fingerprint density at radius 3 is 2.52 bits per heavy atom. The first-order valence-corrected chi connectivity index (χ1v) is 9.22. The minimum Gasteiger partial charge on any atom is -0.379 e. The van der Waals surface area contributed by atoms with Gasteiger partial charge in [-0.1, -0.05) is 22.0 Å². The molecule has 0 unspecified atom stereocenters.